The van der Waals surface area contributed by atoms with Gasteiger partial charge in [0.1, 0.15) is 5.82 Å². The summed E-state index contributed by atoms with van der Waals surface area (Å²) in [5, 5.41) is 6.21. The molecule has 1 saturated carbocycles. The first kappa shape index (κ1) is 16.2. The zero-order valence-electron chi connectivity index (χ0n) is 11.7. The van der Waals surface area contributed by atoms with E-state index in [0.717, 1.165) is 32.4 Å². The van der Waals surface area contributed by atoms with Crippen LogP contribution >= 0.6 is 12.4 Å². The van der Waals surface area contributed by atoms with Crippen LogP contribution in [0.25, 0.3) is 0 Å². The molecule has 21 heavy (non-hydrogen) atoms. The molecule has 2 fully saturated rings. The topological polar surface area (TPSA) is 50.4 Å². The Balaban J connectivity index is 0.00000161. The number of anilines is 1. The van der Waals surface area contributed by atoms with Gasteiger partial charge >= 0.3 is 0 Å². The molecule has 1 aromatic rings. The lowest BCUT2D eigenvalue weighted by molar-refractivity contribution is -0.123. The molecule has 1 aromatic carbocycles. The Morgan fingerprint density at radius 1 is 1.38 bits per heavy atom. The highest BCUT2D eigenvalue weighted by molar-refractivity contribution is 5.92. The van der Waals surface area contributed by atoms with E-state index in [1.165, 1.54) is 12.1 Å². The lowest BCUT2D eigenvalue weighted by Gasteiger charge is -2.39. The molecule has 1 aliphatic heterocycles. The van der Waals surface area contributed by atoms with Gasteiger partial charge < -0.3 is 15.4 Å². The molecule has 1 amide bonds. The van der Waals surface area contributed by atoms with Crippen molar-refractivity contribution in [1.29, 1.82) is 0 Å². The van der Waals surface area contributed by atoms with Crippen molar-refractivity contribution < 1.29 is 13.9 Å². The van der Waals surface area contributed by atoms with Gasteiger partial charge in [-0.2, -0.15) is 0 Å². The fourth-order valence-corrected chi connectivity index (χ4v) is 3.06. The Hall–Kier alpha value is -1.17. The van der Waals surface area contributed by atoms with Crippen molar-refractivity contribution in [3.8, 4) is 0 Å². The van der Waals surface area contributed by atoms with Gasteiger partial charge in [0.15, 0.2) is 0 Å². The molecule has 0 aromatic heterocycles. The number of halogens is 2. The minimum absolute atomic E-state index is 0. The number of hydrogen-bond acceptors (Lipinski definition) is 3. The van der Waals surface area contributed by atoms with Crippen LogP contribution in [0.4, 0.5) is 10.1 Å². The molecule has 2 N–H and O–H groups in total. The molecule has 3 atom stereocenters. The molecule has 0 radical (unpaired) electrons. The first-order chi connectivity index (χ1) is 9.72. The normalized spacial score (nSPS) is 28.1. The van der Waals surface area contributed by atoms with Gasteiger partial charge in [0.2, 0.25) is 5.91 Å². The molecule has 4 nitrogen and oxygen atoms in total. The van der Waals surface area contributed by atoms with Gasteiger partial charge in [0.25, 0.3) is 0 Å². The van der Waals surface area contributed by atoms with E-state index in [0.29, 0.717) is 5.69 Å². The Morgan fingerprint density at radius 2 is 2.24 bits per heavy atom. The largest absolute Gasteiger partial charge is 0.375 e. The maximum atomic E-state index is 13.1. The number of rotatable bonds is 2. The second-order valence-corrected chi connectivity index (χ2v) is 5.48. The second-order valence-electron chi connectivity index (χ2n) is 5.48. The van der Waals surface area contributed by atoms with Crippen molar-refractivity contribution in [2.24, 2.45) is 5.92 Å². The maximum absolute atomic E-state index is 13.1. The zero-order chi connectivity index (χ0) is 13.9. The van der Waals surface area contributed by atoms with Crippen LogP contribution < -0.4 is 10.6 Å². The van der Waals surface area contributed by atoms with Gasteiger partial charge in [-0.15, -0.1) is 12.4 Å². The number of carbonyl (C=O) groups excluding carboxylic acids is 1. The monoisotopic (exact) mass is 314 g/mol. The average Bonchev–Trinajstić information content (AvgIpc) is 2.47. The molecule has 0 spiro atoms. The minimum atomic E-state index is -0.339. The summed E-state index contributed by atoms with van der Waals surface area (Å²) >= 11 is 0. The predicted molar refractivity (Wildman–Crippen MR) is 81.1 cm³/mol. The van der Waals surface area contributed by atoms with Crippen LogP contribution in [0.3, 0.4) is 0 Å². The van der Waals surface area contributed by atoms with Crippen molar-refractivity contribution in [2.75, 3.05) is 18.5 Å². The number of fused-ring (bicyclic) bond motifs is 1. The van der Waals surface area contributed by atoms with E-state index in [-0.39, 0.29) is 42.2 Å². The fourth-order valence-electron chi connectivity index (χ4n) is 3.06. The van der Waals surface area contributed by atoms with Crippen molar-refractivity contribution >= 4 is 24.0 Å². The summed E-state index contributed by atoms with van der Waals surface area (Å²) in [7, 11) is 0. The van der Waals surface area contributed by atoms with Crippen molar-refractivity contribution in [1.82, 2.24) is 5.32 Å². The van der Waals surface area contributed by atoms with Gasteiger partial charge in [-0.05, 0) is 37.5 Å². The van der Waals surface area contributed by atoms with E-state index in [1.54, 1.807) is 12.1 Å². The summed E-state index contributed by atoms with van der Waals surface area (Å²) in [5.74, 6) is -0.399. The highest BCUT2D eigenvalue weighted by Crippen LogP contribution is 2.29. The summed E-state index contributed by atoms with van der Waals surface area (Å²) in [6.07, 6.45) is 2.75. The molecule has 1 aliphatic carbocycles. The molecule has 0 unspecified atom stereocenters. The van der Waals surface area contributed by atoms with Gasteiger partial charge in [0, 0.05) is 24.2 Å². The quantitative estimate of drug-likeness (QED) is 0.881. The third-order valence-corrected chi connectivity index (χ3v) is 4.09. The standard InChI is InChI=1S/C15H19FN2O2.ClH/c16-11-2-1-3-12(9-11)18-15(19)10-4-5-14-13(8-10)17-6-7-20-14;/h1-3,9-10,13-14,17H,4-8H2,(H,18,19);1H/t10-,13+,14+;/m0./s1. The number of morpholine rings is 1. The Morgan fingerprint density at radius 3 is 3.05 bits per heavy atom. The number of nitrogens with one attached hydrogen (secondary N) is 2. The van der Waals surface area contributed by atoms with Gasteiger partial charge in [-0.3, -0.25) is 4.79 Å². The van der Waals surface area contributed by atoms with Crippen LogP contribution in [-0.2, 0) is 9.53 Å². The molecule has 1 saturated heterocycles. The maximum Gasteiger partial charge on any atom is 0.227 e. The van der Waals surface area contributed by atoms with Crippen LogP contribution in [-0.4, -0.2) is 31.2 Å². The zero-order valence-corrected chi connectivity index (χ0v) is 12.5. The SMILES string of the molecule is Cl.O=C(Nc1cccc(F)c1)[C@H]1CC[C@H]2OCCN[C@@H]2C1. The van der Waals surface area contributed by atoms with Crippen LogP contribution in [0.5, 0.6) is 0 Å². The third-order valence-electron chi connectivity index (χ3n) is 4.09. The number of carbonyl (C=O) groups is 1. The molecule has 2 aliphatic rings. The summed E-state index contributed by atoms with van der Waals surface area (Å²) in [6, 6.07) is 6.27. The smallest absolute Gasteiger partial charge is 0.227 e. The minimum Gasteiger partial charge on any atom is -0.375 e. The summed E-state index contributed by atoms with van der Waals surface area (Å²) in [4.78, 5) is 12.3. The Kier molecular flexibility index (Phi) is 5.56. The molecule has 1 heterocycles. The summed E-state index contributed by atoms with van der Waals surface area (Å²) in [6.45, 7) is 1.60. The van der Waals surface area contributed by atoms with E-state index < -0.39 is 0 Å². The third kappa shape index (κ3) is 3.93. The van der Waals surface area contributed by atoms with E-state index in [1.807, 2.05) is 0 Å². The first-order valence-electron chi connectivity index (χ1n) is 7.14. The van der Waals surface area contributed by atoms with Gasteiger partial charge in [-0.25, -0.2) is 4.39 Å². The van der Waals surface area contributed by atoms with E-state index in [4.69, 9.17) is 4.74 Å². The second kappa shape index (κ2) is 7.20. The summed E-state index contributed by atoms with van der Waals surface area (Å²) in [5.41, 5.74) is 0.518. The Labute approximate surface area is 129 Å². The highest BCUT2D eigenvalue weighted by Gasteiger charge is 2.35. The molecule has 6 heteroatoms. The van der Waals surface area contributed by atoms with Crippen LogP contribution in [0, 0.1) is 11.7 Å². The highest BCUT2D eigenvalue weighted by atomic mass is 35.5. The van der Waals surface area contributed by atoms with Crippen LogP contribution in [0.2, 0.25) is 0 Å². The number of amides is 1. The Bertz CT molecular complexity index is 500. The van der Waals surface area contributed by atoms with Crippen LogP contribution in [0.1, 0.15) is 19.3 Å². The van der Waals surface area contributed by atoms with Crippen molar-refractivity contribution in [3.63, 3.8) is 0 Å². The van der Waals surface area contributed by atoms with Crippen LogP contribution in [0.15, 0.2) is 24.3 Å². The van der Waals surface area contributed by atoms with Crippen molar-refractivity contribution in [2.45, 2.75) is 31.4 Å². The molecule has 3 rings (SSSR count). The molecular weight excluding hydrogens is 295 g/mol. The van der Waals surface area contributed by atoms with Crippen molar-refractivity contribution in [3.05, 3.63) is 30.1 Å². The van der Waals surface area contributed by atoms with E-state index >= 15 is 0 Å². The first-order valence-corrected chi connectivity index (χ1v) is 7.14. The number of benzene rings is 1. The predicted octanol–water partition coefficient (Wildman–Crippen LogP) is 2.34. The molecule has 0 bridgehead atoms. The van der Waals surface area contributed by atoms with Gasteiger partial charge in [0.05, 0.1) is 12.7 Å². The van der Waals surface area contributed by atoms with Gasteiger partial charge in [-0.1, -0.05) is 6.07 Å². The van der Waals surface area contributed by atoms with E-state index in [9.17, 15) is 9.18 Å². The lowest BCUT2D eigenvalue weighted by atomic mass is 9.82. The lowest BCUT2D eigenvalue weighted by Crippen LogP contribution is -2.52. The summed E-state index contributed by atoms with van der Waals surface area (Å²) < 4.78 is 18.8. The molecule has 116 valence electrons. The number of ether oxygens (including phenoxy) is 1. The van der Waals surface area contributed by atoms with E-state index in [2.05, 4.69) is 10.6 Å². The number of hydrogen-bond donors (Lipinski definition) is 2. The average molecular weight is 315 g/mol. The fraction of sp³-hybridized carbons (Fsp3) is 0.533. The molecular formula is C15H20ClFN2O2.